The minimum atomic E-state index is -0.757. The van der Waals surface area contributed by atoms with E-state index in [2.05, 4.69) is 24.0 Å². The Bertz CT molecular complexity index is 876. The third-order valence-corrected chi connectivity index (χ3v) is 4.46. The third kappa shape index (κ3) is 3.65. The van der Waals surface area contributed by atoms with Crippen LogP contribution in [0.3, 0.4) is 0 Å². The standard InChI is InChI=1S/C22H26N2O2/c1-14(2)26-20-7-6-18(24-9-8-23-13-24)12-19(20)22(25)21-16(4)10-15(3)11-17(21)5/h6-14,22,25H,1-5H3. The minimum Gasteiger partial charge on any atom is -0.491 e. The predicted molar refractivity (Wildman–Crippen MR) is 104 cm³/mol. The maximum Gasteiger partial charge on any atom is 0.125 e. The van der Waals surface area contributed by atoms with E-state index in [1.165, 1.54) is 5.56 Å². The normalized spacial score (nSPS) is 12.4. The van der Waals surface area contributed by atoms with E-state index in [0.29, 0.717) is 5.75 Å². The van der Waals surface area contributed by atoms with E-state index >= 15 is 0 Å². The van der Waals surface area contributed by atoms with Crippen molar-refractivity contribution in [2.75, 3.05) is 0 Å². The van der Waals surface area contributed by atoms with Gasteiger partial charge in [0.15, 0.2) is 0 Å². The Labute approximate surface area is 155 Å². The van der Waals surface area contributed by atoms with Gasteiger partial charge < -0.3 is 14.4 Å². The number of hydrogen-bond acceptors (Lipinski definition) is 3. The molecule has 0 bridgehead atoms. The van der Waals surface area contributed by atoms with E-state index in [9.17, 15) is 5.11 Å². The van der Waals surface area contributed by atoms with E-state index in [4.69, 9.17) is 4.74 Å². The summed E-state index contributed by atoms with van der Waals surface area (Å²) in [4.78, 5) is 4.11. The number of aryl methyl sites for hydroxylation is 3. The smallest absolute Gasteiger partial charge is 0.125 e. The largest absolute Gasteiger partial charge is 0.491 e. The lowest BCUT2D eigenvalue weighted by molar-refractivity contribution is 0.197. The number of imidazole rings is 1. The zero-order chi connectivity index (χ0) is 18.8. The van der Waals surface area contributed by atoms with E-state index in [0.717, 1.165) is 27.9 Å². The predicted octanol–water partition coefficient (Wildman–Crippen LogP) is 4.67. The fraction of sp³-hybridized carbons (Fsp3) is 0.318. The second-order valence-corrected chi connectivity index (χ2v) is 7.07. The van der Waals surface area contributed by atoms with Gasteiger partial charge in [-0.25, -0.2) is 4.98 Å². The van der Waals surface area contributed by atoms with Crippen LogP contribution in [-0.4, -0.2) is 20.8 Å². The summed E-state index contributed by atoms with van der Waals surface area (Å²) < 4.78 is 7.90. The topological polar surface area (TPSA) is 47.3 Å². The van der Waals surface area contributed by atoms with Crippen molar-refractivity contribution in [3.05, 3.63) is 76.9 Å². The molecule has 26 heavy (non-hydrogen) atoms. The van der Waals surface area contributed by atoms with Crippen molar-refractivity contribution < 1.29 is 9.84 Å². The van der Waals surface area contributed by atoms with Crippen molar-refractivity contribution in [3.8, 4) is 11.4 Å². The van der Waals surface area contributed by atoms with Crippen LogP contribution in [0, 0.1) is 20.8 Å². The molecule has 4 nitrogen and oxygen atoms in total. The Balaban J connectivity index is 2.13. The van der Waals surface area contributed by atoms with Gasteiger partial charge in [-0.1, -0.05) is 17.7 Å². The van der Waals surface area contributed by atoms with Crippen LogP contribution >= 0.6 is 0 Å². The molecule has 0 aliphatic carbocycles. The number of ether oxygens (including phenoxy) is 1. The second kappa shape index (κ2) is 7.34. The first-order chi connectivity index (χ1) is 12.4. The van der Waals surface area contributed by atoms with Gasteiger partial charge in [0.2, 0.25) is 0 Å². The molecule has 0 radical (unpaired) electrons. The Morgan fingerprint density at radius 1 is 1.04 bits per heavy atom. The fourth-order valence-electron chi connectivity index (χ4n) is 3.46. The molecule has 1 aromatic heterocycles. The number of benzene rings is 2. The molecular weight excluding hydrogens is 324 g/mol. The van der Waals surface area contributed by atoms with Gasteiger partial charge in [-0.2, -0.15) is 0 Å². The summed E-state index contributed by atoms with van der Waals surface area (Å²) in [7, 11) is 0. The summed E-state index contributed by atoms with van der Waals surface area (Å²) in [5.74, 6) is 0.704. The van der Waals surface area contributed by atoms with E-state index in [1.807, 2.05) is 56.7 Å². The number of hydrogen-bond donors (Lipinski definition) is 1. The van der Waals surface area contributed by atoms with Crippen molar-refractivity contribution >= 4 is 0 Å². The summed E-state index contributed by atoms with van der Waals surface area (Å²) >= 11 is 0. The van der Waals surface area contributed by atoms with Crippen LogP contribution in [0.4, 0.5) is 0 Å². The average molecular weight is 350 g/mol. The highest BCUT2D eigenvalue weighted by Gasteiger charge is 2.21. The van der Waals surface area contributed by atoms with Gasteiger partial charge in [-0.3, -0.25) is 0 Å². The molecule has 0 fully saturated rings. The van der Waals surface area contributed by atoms with E-state index < -0.39 is 6.10 Å². The van der Waals surface area contributed by atoms with Gasteiger partial charge in [0.1, 0.15) is 11.9 Å². The van der Waals surface area contributed by atoms with Crippen molar-refractivity contribution in [2.45, 2.75) is 46.8 Å². The van der Waals surface area contributed by atoms with Crippen molar-refractivity contribution in [3.63, 3.8) is 0 Å². The molecule has 136 valence electrons. The molecule has 1 N–H and O–H groups in total. The molecule has 0 aliphatic rings. The van der Waals surface area contributed by atoms with Crippen LogP contribution in [0.25, 0.3) is 5.69 Å². The van der Waals surface area contributed by atoms with Gasteiger partial charge in [0, 0.05) is 23.6 Å². The van der Waals surface area contributed by atoms with Gasteiger partial charge in [-0.15, -0.1) is 0 Å². The first kappa shape index (κ1) is 18.2. The molecule has 0 saturated heterocycles. The highest BCUT2D eigenvalue weighted by Crippen LogP contribution is 2.35. The van der Waals surface area contributed by atoms with Crippen LogP contribution < -0.4 is 4.74 Å². The van der Waals surface area contributed by atoms with Gasteiger partial charge in [-0.05, 0) is 69.5 Å². The molecule has 4 heteroatoms. The quantitative estimate of drug-likeness (QED) is 0.727. The van der Waals surface area contributed by atoms with Crippen molar-refractivity contribution in [1.82, 2.24) is 9.55 Å². The lowest BCUT2D eigenvalue weighted by Crippen LogP contribution is -2.12. The second-order valence-electron chi connectivity index (χ2n) is 7.07. The summed E-state index contributed by atoms with van der Waals surface area (Å²) in [6.07, 6.45) is 4.64. The van der Waals surface area contributed by atoms with Crippen LogP contribution in [0.1, 0.15) is 47.8 Å². The average Bonchev–Trinajstić information content (AvgIpc) is 3.08. The molecule has 3 rings (SSSR count). The van der Waals surface area contributed by atoms with Crippen LogP contribution in [0.5, 0.6) is 5.75 Å². The lowest BCUT2D eigenvalue weighted by atomic mass is 9.91. The Morgan fingerprint density at radius 3 is 2.31 bits per heavy atom. The van der Waals surface area contributed by atoms with Crippen LogP contribution in [-0.2, 0) is 0 Å². The molecule has 0 saturated carbocycles. The Morgan fingerprint density at radius 2 is 1.73 bits per heavy atom. The highest BCUT2D eigenvalue weighted by molar-refractivity contribution is 5.51. The number of aromatic nitrogens is 2. The van der Waals surface area contributed by atoms with Crippen molar-refractivity contribution in [1.29, 1.82) is 0 Å². The van der Waals surface area contributed by atoms with Gasteiger partial charge in [0.05, 0.1) is 12.4 Å². The fourth-order valence-corrected chi connectivity index (χ4v) is 3.46. The number of aliphatic hydroxyl groups is 1. The Kier molecular flexibility index (Phi) is 5.14. The van der Waals surface area contributed by atoms with Gasteiger partial charge >= 0.3 is 0 Å². The highest BCUT2D eigenvalue weighted by atomic mass is 16.5. The van der Waals surface area contributed by atoms with Gasteiger partial charge in [0.25, 0.3) is 0 Å². The molecule has 1 unspecified atom stereocenters. The molecule has 0 spiro atoms. The summed E-state index contributed by atoms with van der Waals surface area (Å²) in [5, 5.41) is 11.3. The summed E-state index contributed by atoms with van der Waals surface area (Å²) in [6.45, 7) is 10.1. The van der Waals surface area contributed by atoms with Crippen LogP contribution in [0.2, 0.25) is 0 Å². The summed E-state index contributed by atoms with van der Waals surface area (Å²) in [5.41, 5.74) is 6.00. The molecule has 2 aromatic carbocycles. The first-order valence-corrected chi connectivity index (χ1v) is 8.91. The van der Waals surface area contributed by atoms with E-state index in [-0.39, 0.29) is 6.10 Å². The molecule has 1 atom stereocenters. The number of rotatable bonds is 5. The third-order valence-electron chi connectivity index (χ3n) is 4.46. The zero-order valence-electron chi connectivity index (χ0n) is 16.0. The maximum atomic E-state index is 11.3. The molecule has 0 aliphatic heterocycles. The maximum absolute atomic E-state index is 11.3. The molecular formula is C22H26N2O2. The zero-order valence-corrected chi connectivity index (χ0v) is 16.0. The minimum absolute atomic E-state index is 0.0280. The lowest BCUT2D eigenvalue weighted by Gasteiger charge is -2.22. The van der Waals surface area contributed by atoms with E-state index in [1.54, 1.807) is 12.5 Å². The SMILES string of the molecule is Cc1cc(C)c(C(O)c2cc(-n3ccnc3)ccc2OC(C)C)c(C)c1. The molecule has 1 heterocycles. The first-order valence-electron chi connectivity index (χ1n) is 8.91. The monoisotopic (exact) mass is 350 g/mol. The molecule has 3 aromatic rings. The molecule has 0 amide bonds. The Hall–Kier alpha value is -2.59. The van der Waals surface area contributed by atoms with Crippen molar-refractivity contribution in [2.24, 2.45) is 0 Å². The van der Waals surface area contributed by atoms with Crippen LogP contribution in [0.15, 0.2) is 49.1 Å². The number of aliphatic hydroxyl groups excluding tert-OH is 1. The summed E-state index contributed by atoms with van der Waals surface area (Å²) in [6, 6.07) is 10.1. The number of nitrogens with zero attached hydrogens (tertiary/aromatic N) is 2.